The molecule has 5 aliphatic rings. The number of aliphatic hydroxyl groups is 1. The van der Waals surface area contributed by atoms with Crippen LogP contribution in [0.25, 0.3) is 0 Å². The third-order valence-corrected chi connectivity index (χ3v) is 15.8. The lowest BCUT2D eigenvalue weighted by Crippen LogP contribution is -2.62. The van der Waals surface area contributed by atoms with Crippen LogP contribution in [0.5, 0.6) is 0 Å². The summed E-state index contributed by atoms with van der Waals surface area (Å²) in [7, 11) is 0. The number of amides is 1. The van der Waals surface area contributed by atoms with Crippen LogP contribution in [0.15, 0.2) is 0 Å². The minimum Gasteiger partial charge on any atom is -0.481 e. The molecule has 0 aromatic rings. The molecule has 0 spiro atoms. The zero-order valence-electron chi connectivity index (χ0n) is 34.6. The van der Waals surface area contributed by atoms with Crippen molar-refractivity contribution in [1.29, 1.82) is 0 Å². The fourth-order valence-corrected chi connectivity index (χ4v) is 13.1. The number of hydrogen-bond acceptors (Lipinski definition) is 10. The van der Waals surface area contributed by atoms with Gasteiger partial charge in [0.15, 0.2) is 0 Å². The van der Waals surface area contributed by atoms with Crippen molar-refractivity contribution in [1.82, 2.24) is 20.0 Å². The van der Waals surface area contributed by atoms with Crippen molar-refractivity contribution in [2.24, 2.45) is 46.3 Å². The van der Waals surface area contributed by atoms with E-state index in [4.69, 9.17) is 0 Å². The van der Waals surface area contributed by atoms with Crippen LogP contribution in [-0.2, 0) is 28.8 Å². The average Bonchev–Trinajstić information content (AvgIpc) is 3.39. The molecule has 1 aliphatic heterocycles. The number of carboxylic acid groups (broad SMARTS) is 5. The Morgan fingerprint density at radius 3 is 1.93 bits per heavy atom. The number of nitrogens with zero attached hydrogens (tertiary/aromatic N) is 3. The van der Waals surface area contributed by atoms with Gasteiger partial charge < -0.3 is 36.0 Å². The molecule has 1 amide bonds. The van der Waals surface area contributed by atoms with Crippen molar-refractivity contribution in [3.8, 4) is 0 Å². The first-order valence-electron chi connectivity index (χ1n) is 21.5. The third kappa shape index (κ3) is 10.3. The highest BCUT2D eigenvalue weighted by atomic mass is 16.4. The van der Waals surface area contributed by atoms with E-state index in [2.05, 4.69) is 26.1 Å². The summed E-state index contributed by atoms with van der Waals surface area (Å²) in [6.07, 6.45) is 9.36. The van der Waals surface area contributed by atoms with Crippen LogP contribution in [0.2, 0.25) is 0 Å². The summed E-state index contributed by atoms with van der Waals surface area (Å²) in [6, 6.07) is 0.0239. The Bertz CT molecular complexity index is 1490. The number of carbonyl (C=O) groups excluding carboxylic acids is 1. The molecule has 0 aromatic carbocycles. The first-order chi connectivity index (χ1) is 27.3. The minimum atomic E-state index is -1.26. The molecule has 16 nitrogen and oxygen atoms in total. The fourth-order valence-electron chi connectivity index (χ4n) is 13.1. The van der Waals surface area contributed by atoms with Gasteiger partial charge in [0.05, 0.1) is 32.3 Å². The molecule has 16 heteroatoms. The maximum absolute atomic E-state index is 13.4. The van der Waals surface area contributed by atoms with Gasteiger partial charge in [0.25, 0.3) is 0 Å². The summed E-state index contributed by atoms with van der Waals surface area (Å²) in [5.41, 5.74) is -1.35. The molecule has 10 atom stereocenters. The zero-order chi connectivity index (χ0) is 42.6. The maximum atomic E-state index is 13.4. The second kappa shape index (κ2) is 18.9. The molecule has 7 N–H and O–H groups in total. The summed E-state index contributed by atoms with van der Waals surface area (Å²) in [4.78, 5) is 76.7. The molecular weight excluding hydrogens is 752 g/mol. The molecule has 1 saturated heterocycles. The molecule has 1 heterocycles. The highest BCUT2D eigenvalue weighted by Gasteiger charge is 2.63. The van der Waals surface area contributed by atoms with E-state index < -0.39 is 54.6 Å². The molecule has 4 saturated carbocycles. The predicted octanol–water partition coefficient (Wildman–Crippen LogP) is 3.16. The topological polar surface area (TPSA) is 246 Å². The number of carboxylic acids is 5. The monoisotopic (exact) mass is 820 g/mol. The number of rotatable bonds is 19. The van der Waals surface area contributed by atoms with Crippen LogP contribution in [0.3, 0.4) is 0 Å². The SMILES string of the molecule is C[C@H](CCC(=O)O)[C@H]1CC[C@H]2[C@@H]3CC[C@@H]4C[C@@H](NC(=O)CCCCC5(N(CC(=O)O)CC(=O)O)CN(CC(=O)O)CCN(CC(=O)O)C5)CC[C@]4(C)[C@H]3C[C@H](O)[C@]12C. The van der Waals surface area contributed by atoms with Crippen LogP contribution in [-0.4, -0.2) is 151 Å². The maximum Gasteiger partial charge on any atom is 0.317 e. The highest BCUT2D eigenvalue weighted by Crippen LogP contribution is 2.68. The zero-order valence-corrected chi connectivity index (χ0v) is 34.6. The van der Waals surface area contributed by atoms with Gasteiger partial charge in [0.1, 0.15) is 0 Å². The van der Waals surface area contributed by atoms with Gasteiger partial charge in [-0.05, 0) is 117 Å². The average molecular weight is 821 g/mol. The first kappa shape index (κ1) is 45.7. The Morgan fingerprint density at radius 2 is 1.36 bits per heavy atom. The Hall–Kier alpha value is -3.34. The van der Waals surface area contributed by atoms with E-state index in [1.807, 2.05) is 0 Å². The number of hydrogen-bond donors (Lipinski definition) is 7. The number of aliphatic hydroxyl groups excluding tert-OH is 1. The third-order valence-electron chi connectivity index (χ3n) is 15.8. The summed E-state index contributed by atoms with van der Waals surface area (Å²) in [5.74, 6) is -3.28. The normalized spacial score (nSPS) is 34.2. The van der Waals surface area contributed by atoms with Crippen LogP contribution in [0.4, 0.5) is 0 Å². The lowest BCUT2D eigenvalue weighted by atomic mass is 9.43. The lowest BCUT2D eigenvalue weighted by Gasteiger charge is -2.62. The van der Waals surface area contributed by atoms with Crippen LogP contribution in [0.1, 0.15) is 111 Å². The molecule has 328 valence electrons. The van der Waals surface area contributed by atoms with Gasteiger partial charge in [-0.3, -0.25) is 43.5 Å². The molecule has 0 bridgehead atoms. The second-order valence-electron chi connectivity index (χ2n) is 19.2. The second-order valence-corrected chi connectivity index (χ2v) is 19.2. The molecule has 4 aliphatic carbocycles. The van der Waals surface area contributed by atoms with Crippen LogP contribution < -0.4 is 5.32 Å². The van der Waals surface area contributed by atoms with Crippen molar-refractivity contribution in [3.05, 3.63) is 0 Å². The van der Waals surface area contributed by atoms with Crippen molar-refractivity contribution < 1.29 is 59.4 Å². The van der Waals surface area contributed by atoms with Crippen LogP contribution in [0, 0.1) is 46.3 Å². The van der Waals surface area contributed by atoms with Gasteiger partial charge in [0.2, 0.25) is 5.91 Å². The van der Waals surface area contributed by atoms with Gasteiger partial charge in [-0.2, -0.15) is 0 Å². The molecule has 0 unspecified atom stereocenters. The Morgan fingerprint density at radius 1 is 0.741 bits per heavy atom. The Kier molecular flexibility index (Phi) is 14.9. The van der Waals surface area contributed by atoms with Gasteiger partial charge in [-0.15, -0.1) is 0 Å². The van der Waals surface area contributed by atoms with Crippen molar-refractivity contribution in [2.75, 3.05) is 52.4 Å². The predicted molar refractivity (Wildman–Crippen MR) is 211 cm³/mol. The van der Waals surface area contributed by atoms with E-state index in [9.17, 15) is 59.4 Å². The summed E-state index contributed by atoms with van der Waals surface area (Å²) >= 11 is 0. The highest BCUT2D eigenvalue weighted by molar-refractivity contribution is 5.76. The lowest BCUT2D eigenvalue weighted by molar-refractivity contribution is -0.170. The molecule has 5 rings (SSSR count). The Balaban J connectivity index is 1.19. The van der Waals surface area contributed by atoms with E-state index >= 15 is 0 Å². The van der Waals surface area contributed by atoms with Crippen molar-refractivity contribution in [3.63, 3.8) is 0 Å². The number of fused-ring (bicyclic) bond motifs is 5. The molecule has 0 aromatic heterocycles. The summed E-state index contributed by atoms with van der Waals surface area (Å²) in [5, 5.41) is 63.2. The quantitative estimate of drug-likeness (QED) is 0.0926. The van der Waals surface area contributed by atoms with Crippen LogP contribution >= 0.6 is 0 Å². The van der Waals surface area contributed by atoms with Gasteiger partial charge in [-0.25, -0.2) is 0 Å². The molecular formula is C42H68N4O12. The summed E-state index contributed by atoms with van der Waals surface area (Å²) in [6.45, 7) is 5.28. The van der Waals surface area contributed by atoms with Gasteiger partial charge >= 0.3 is 29.8 Å². The molecule has 5 fully saturated rings. The standard InChI is InChI=1S/C42H68N4O12/c1-26(7-12-35(49)50)30-10-11-31-29-9-8-27-18-28(13-15-40(27,2)32(29)19-33(47)41(30,31)3)43-34(48)6-4-5-14-42(46(22-38(55)56)23-39(57)58)24-44(20-36(51)52)16-17-45(25-42)21-37(53)54/h26-33,47H,4-25H2,1-3H3,(H,43,48)(H,49,50)(H,51,52)(H,53,54)(H,55,56)(H,57,58)/t26-,27-,28+,29+,30-,31+,32+,33+,40+,41-/m1/s1. The van der Waals surface area contributed by atoms with E-state index in [0.29, 0.717) is 48.9 Å². The van der Waals surface area contributed by atoms with E-state index in [-0.39, 0.29) is 87.2 Å². The minimum absolute atomic E-state index is 0.0236. The number of nitrogens with one attached hydrogen (secondary N) is 1. The molecule has 0 radical (unpaired) electrons. The van der Waals surface area contributed by atoms with E-state index in [0.717, 1.165) is 51.4 Å². The number of carbonyl (C=O) groups is 6. The first-order valence-corrected chi connectivity index (χ1v) is 21.5. The van der Waals surface area contributed by atoms with E-state index in [1.165, 1.54) is 4.90 Å². The largest absolute Gasteiger partial charge is 0.481 e. The van der Waals surface area contributed by atoms with Crippen molar-refractivity contribution >= 4 is 35.8 Å². The summed E-state index contributed by atoms with van der Waals surface area (Å²) < 4.78 is 0. The van der Waals surface area contributed by atoms with Gasteiger partial charge in [0, 0.05) is 50.6 Å². The van der Waals surface area contributed by atoms with E-state index in [1.54, 1.807) is 9.80 Å². The van der Waals surface area contributed by atoms with Gasteiger partial charge in [-0.1, -0.05) is 27.2 Å². The Labute approximate surface area is 341 Å². The number of unbranched alkanes of at least 4 members (excludes halogenated alkanes) is 1. The fraction of sp³-hybridized carbons (Fsp3) is 0.857. The smallest absolute Gasteiger partial charge is 0.317 e. The number of aliphatic carboxylic acids is 5. The molecule has 58 heavy (non-hydrogen) atoms. The van der Waals surface area contributed by atoms with Crippen molar-refractivity contribution in [2.45, 2.75) is 128 Å².